The molecule has 1 N–H and O–H groups in total. The Bertz CT molecular complexity index is 1180. The van der Waals surface area contributed by atoms with Crippen LogP contribution in [0.4, 0.5) is 15.8 Å². The van der Waals surface area contributed by atoms with E-state index in [4.69, 9.17) is 0 Å². The van der Waals surface area contributed by atoms with E-state index in [0.717, 1.165) is 21.7 Å². The Morgan fingerprint density at radius 2 is 1.63 bits per heavy atom. The van der Waals surface area contributed by atoms with Crippen LogP contribution in [0.5, 0.6) is 0 Å². The second-order valence-corrected chi connectivity index (χ2v) is 9.07. The molecule has 0 aliphatic carbocycles. The second-order valence-electron chi connectivity index (χ2n) is 7.16. The highest BCUT2D eigenvalue weighted by molar-refractivity contribution is 7.92. The lowest BCUT2D eigenvalue weighted by atomic mass is 10.1. The summed E-state index contributed by atoms with van der Waals surface area (Å²) >= 11 is 0. The third-order valence-electron chi connectivity index (χ3n) is 4.85. The van der Waals surface area contributed by atoms with Gasteiger partial charge in [-0.15, -0.1) is 0 Å². The molecule has 3 aromatic rings. The van der Waals surface area contributed by atoms with E-state index in [2.05, 4.69) is 5.32 Å². The molecule has 0 spiro atoms. The fourth-order valence-corrected chi connectivity index (χ4v) is 3.86. The molecule has 0 saturated heterocycles. The van der Waals surface area contributed by atoms with Gasteiger partial charge in [0.2, 0.25) is 10.0 Å². The van der Waals surface area contributed by atoms with E-state index < -0.39 is 15.8 Å². The van der Waals surface area contributed by atoms with Crippen LogP contribution in [0.3, 0.4) is 0 Å². The number of sulfonamides is 1. The second kappa shape index (κ2) is 8.67. The molecule has 0 aliphatic heterocycles. The van der Waals surface area contributed by atoms with Crippen LogP contribution in [0, 0.1) is 19.7 Å². The van der Waals surface area contributed by atoms with Gasteiger partial charge in [-0.3, -0.25) is 9.10 Å². The third-order valence-corrected chi connectivity index (χ3v) is 5.99. The van der Waals surface area contributed by atoms with E-state index in [0.29, 0.717) is 16.9 Å². The quantitative estimate of drug-likeness (QED) is 0.623. The molecule has 3 aromatic carbocycles. The number of halogens is 1. The van der Waals surface area contributed by atoms with Crippen molar-refractivity contribution in [2.24, 2.45) is 0 Å². The van der Waals surface area contributed by atoms with E-state index in [-0.39, 0.29) is 18.0 Å². The summed E-state index contributed by atoms with van der Waals surface area (Å²) in [6.45, 7) is 3.82. The van der Waals surface area contributed by atoms with Crippen molar-refractivity contribution in [3.05, 3.63) is 94.8 Å². The predicted octanol–water partition coefficient (Wildman–Crippen LogP) is 4.66. The summed E-state index contributed by atoms with van der Waals surface area (Å²) in [4.78, 5) is 12.5. The van der Waals surface area contributed by atoms with Crippen LogP contribution in [0.1, 0.15) is 27.0 Å². The predicted molar refractivity (Wildman–Crippen MR) is 118 cm³/mol. The highest BCUT2D eigenvalue weighted by Crippen LogP contribution is 2.23. The normalized spacial score (nSPS) is 11.2. The van der Waals surface area contributed by atoms with E-state index in [1.165, 1.54) is 18.2 Å². The Morgan fingerprint density at radius 1 is 0.967 bits per heavy atom. The van der Waals surface area contributed by atoms with E-state index >= 15 is 0 Å². The van der Waals surface area contributed by atoms with Gasteiger partial charge in [0.15, 0.2) is 0 Å². The molecule has 0 unspecified atom stereocenters. The molecule has 30 heavy (non-hydrogen) atoms. The maximum atomic E-state index is 14.0. The van der Waals surface area contributed by atoms with Crippen LogP contribution < -0.4 is 9.62 Å². The van der Waals surface area contributed by atoms with Crippen LogP contribution >= 0.6 is 0 Å². The lowest BCUT2D eigenvalue weighted by Gasteiger charge is -2.23. The molecule has 0 heterocycles. The fraction of sp³-hybridized carbons (Fsp3) is 0.174. The third kappa shape index (κ3) is 5.04. The molecule has 0 aliphatic rings. The minimum Gasteiger partial charge on any atom is -0.322 e. The van der Waals surface area contributed by atoms with Gasteiger partial charge in [0.25, 0.3) is 5.91 Å². The standard InChI is InChI=1S/C23H23FN2O3S/c1-16-8-11-20(14-17(16)2)25-23(27)18-9-12-21(13-10-18)26(30(3,28)29)15-19-6-4-5-7-22(19)24/h4-14H,15H2,1-3H3,(H,25,27). The number of carbonyl (C=O) groups excluding carboxylic acids is 1. The first-order valence-electron chi connectivity index (χ1n) is 9.35. The average Bonchev–Trinajstić information content (AvgIpc) is 2.69. The number of benzene rings is 3. The number of hydrogen-bond donors (Lipinski definition) is 1. The van der Waals surface area contributed by atoms with Crippen LogP contribution in [-0.2, 0) is 16.6 Å². The zero-order valence-electron chi connectivity index (χ0n) is 17.0. The van der Waals surface area contributed by atoms with E-state index in [9.17, 15) is 17.6 Å². The summed E-state index contributed by atoms with van der Waals surface area (Å²) in [6, 6.07) is 17.8. The van der Waals surface area contributed by atoms with Gasteiger partial charge >= 0.3 is 0 Å². The number of amides is 1. The Labute approximate surface area is 176 Å². The molecule has 0 saturated carbocycles. The smallest absolute Gasteiger partial charge is 0.255 e. The van der Waals surface area contributed by atoms with Crippen molar-refractivity contribution in [2.45, 2.75) is 20.4 Å². The molecule has 5 nitrogen and oxygen atoms in total. The molecular weight excluding hydrogens is 403 g/mol. The summed E-state index contributed by atoms with van der Waals surface area (Å²) in [5.74, 6) is -0.777. The topological polar surface area (TPSA) is 66.5 Å². The summed E-state index contributed by atoms with van der Waals surface area (Å²) in [7, 11) is -3.66. The lowest BCUT2D eigenvalue weighted by molar-refractivity contribution is 0.102. The van der Waals surface area contributed by atoms with Gasteiger partial charge in [-0.05, 0) is 67.4 Å². The first kappa shape index (κ1) is 21.5. The lowest BCUT2D eigenvalue weighted by Crippen LogP contribution is -2.29. The van der Waals surface area contributed by atoms with Gasteiger partial charge in [0.05, 0.1) is 18.5 Å². The van der Waals surface area contributed by atoms with Crippen molar-refractivity contribution >= 4 is 27.3 Å². The summed E-state index contributed by atoms with van der Waals surface area (Å²) < 4.78 is 39.7. The fourth-order valence-electron chi connectivity index (χ4n) is 2.98. The first-order valence-corrected chi connectivity index (χ1v) is 11.2. The molecule has 0 fully saturated rings. The molecule has 0 radical (unpaired) electrons. The molecule has 156 valence electrons. The molecule has 7 heteroatoms. The van der Waals surface area contributed by atoms with Crippen molar-refractivity contribution in [2.75, 3.05) is 15.9 Å². The number of aryl methyl sites for hydroxylation is 2. The van der Waals surface area contributed by atoms with Gasteiger partial charge in [-0.1, -0.05) is 24.3 Å². The minimum absolute atomic E-state index is 0.139. The minimum atomic E-state index is -3.66. The number of nitrogens with one attached hydrogen (secondary N) is 1. The summed E-state index contributed by atoms with van der Waals surface area (Å²) in [6.07, 6.45) is 1.06. The first-order chi connectivity index (χ1) is 14.1. The number of anilines is 2. The summed E-state index contributed by atoms with van der Waals surface area (Å²) in [5, 5.41) is 2.83. The van der Waals surface area contributed by atoms with Crippen molar-refractivity contribution in [1.82, 2.24) is 0 Å². The zero-order chi connectivity index (χ0) is 21.9. The van der Waals surface area contributed by atoms with Crippen molar-refractivity contribution < 1.29 is 17.6 Å². The maximum absolute atomic E-state index is 14.0. The summed E-state index contributed by atoms with van der Waals surface area (Å²) in [5.41, 5.74) is 3.89. The molecule has 1 amide bonds. The number of hydrogen-bond acceptors (Lipinski definition) is 3. The van der Waals surface area contributed by atoms with Gasteiger partial charge in [0, 0.05) is 16.8 Å². The Kier molecular flexibility index (Phi) is 6.22. The van der Waals surface area contributed by atoms with Crippen LogP contribution in [-0.4, -0.2) is 20.6 Å². The van der Waals surface area contributed by atoms with Crippen molar-refractivity contribution in [1.29, 1.82) is 0 Å². The van der Waals surface area contributed by atoms with E-state index in [1.807, 2.05) is 32.0 Å². The highest BCUT2D eigenvalue weighted by Gasteiger charge is 2.20. The number of rotatable bonds is 6. The Hall–Kier alpha value is -3.19. The van der Waals surface area contributed by atoms with Crippen molar-refractivity contribution in [3.63, 3.8) is 0 Å². The molecule has 0 atom stereocenters. The van der Waals surface area contributed by atoms with Crippen LogP contribution in [0.2, 0.25) is 0 Å². The molecular formula is C23H23FN2O3S. The van der Waals surface area contributed by atoms with Gasteiger partial charge in [-0.25, -0.2) is 12.8 Å². The Balaban J connectivity index is 1.81. The largest absolute Gasteiger partial charge is 0.322 e. The van der Waals surface area contributed by atoms with Crippen LogP contribution in [0.15, 0.2) is 66.7 Å². The number of nitrogens with zero attached hydrogens (tertiary/aromatic N) is 1. The highest BCUT2D eigenvalue weighted by atomic mass is 32.2. The zero-order valence-corrected chi connectivity index (χ0v) is 17.8. The maximum Gasteiger partial charge on any atom is 0.255 e. The van der Waals surface area contributed by atoms with Gasteiger partial charge in [-0.2, -0.15) is 0 Å². The monoisotopic (exact) mass is 426 g/mol. The van der Waals surface area contributed by atoms with E-state index in [1.54, 1.807) is 30.3 Å². The van der Waals surface area contributed by atoms with Crippen LogP contribution in [0.25, 0.3) is 0 Å². The molecule has 3 rings (SSSR count). The van der Waals surface area contributed by atoms with Gasteiger partial charge in [0.1, 0.15) is 5.82 Å². The molecule has 0 aromatic heterocycles. The van der Waals surface area contributed by atoms with Crippen molar-refractivity contribution in [3.8, 4) is 0 Å². The number of carbonyl (C=O) groups is 1. The van der Waals surface area contributed by atoms with Gasteiger partial charge < -0.3 is 5.32 Å². The molecule has 0 bridgehead atoms. The average molecular weight is 427 g/mol. The SMILES string of the molecule is Cc1ccc(NC(=O)c2ccc(N(Cc3ccccc3F)S(C)(=O)=O)cc2)cc1C. The Morgan fingerprint density at radius 3 is 2.23 bits per heavy atom.